The van der Waals surface area contributed by atoms with E-state index in [0.29, 0.717) is 23.0 Å². The SMILES string of the molecule is CC(C)[C@H]1SC(C)(C)[C@H]2CC(=O)N(c3ccc(Cl)cc3)C(=O)N12. The lowest BCUT2D eigenvalue weighted by atomic mass is 9.95. The summed E-state index contributed by atoms with van der Waals surface area (Å²) in [5.74, 6) is 0.185. The van der Waals surface area contributed by atoms with Crippen molar-refractivity contribution in [1.82, 2.24) is 4.90 Å². The maximum Gasteiger partial charge on any atom is 0.332 e. The highest BCUT2D eigenvalue weighted by Gasteiger charge is 2.55. The molecule has 0 N–H and O–H groups in total. The summed E-state index contributed by atoms with van der Waals surface area (Å²) >= 11 is 7.70. The molecule has 23 heavy (non-hydrogen) atoms. The van der Waals surface area contributed by atoms with Crippen LogP contribution in [0.25, 0.3) is 0 Å². The van der Waals surface area contributed by atoms with E-state index in [4.69, 9.17) is 11.6 Å². The summed E-state index contributed by atoms with van der Waals surface area (Å²) < 4.78 is -0.119. The summed E-state index contributed by atoms with van der Waals surface area (Å²) in [7, 11) is 0. The molecule has 2 saturated heterocycles. The molecule has 0 saturated carbocycles. The molecular weight excluding hydrogens is 332 g/mol. The van der Waals surface area contributed by atoms with Crippen molar-refractivity contribution in [2.45, 2.75) is 50.3 Å². The minimum absolute atomic E-state index is 0.0524. The Hall–Kier alpha value is -1.20. The molecule has 2 aliphatic heterocycles. The van der Waals surface area contributed by atoms with Crippen molar-refractivity contribution in [2.24, 2.45) is 5.92 Å². The van der Waals surface area contributed by atoms with Gasteiger partial charge < -0.3 is 4.90 Å². The number of anilines is 1. The van der Waals surface area contributed by atoms with Crippen LogP contribution in [0.15, 0.2) is 24.3 Å². The van der Waals surface area contributed by atoms with E-state index in [9.17, 15) is 9.59 Å². The van der Waals surface area contributed by atoms with Gasteiger partial charge in [0.15, 0.2) is 0 Å². The first-order chi connectivity index (χ1) is 10.7. The average molecular weight is 353 g/mol. The van der Waals surface area contributed by atoms with E-state index in [1.54, 1.807) is 36.0 Å². The number of urea groups is 1. The first kappa shape index (κ1) is 16.7. The largest absolute Gasteiger partial charge is 0.332 e. The molecule has 2 aliphatic rings. The molecule has 2 atom stereocenters. The highest BCUT2D eigenvalue weighted by Crippen LogP contribution is 2.50. The molecule has 0 radical (unpaired) electrons. The van der Waals surface area contributed by atoms with Crippen LogP contribution in [0.1, 0.15) is 34.1 Å². The third-order valence-corrected chi connectivity index (χ3v) is 6.67. The molecule has 6 heteroatoms. The van der Waals surface area contributed by atoms with E-state index in [-0.39, 0.29) is 28.1 Å². The molecule has 2 heterocycles. The van der Waals surface area contributed by atoms with Crippen LogP contribution in [0, 0.1) is 5.92 Å². The lowest BCUT2D eigenvalue weighted by Crippen LogP contribution is -2.60. The van der Waals surface area contributed by atoms with Gasteiger partial charge in [-0.25, -0.2) is 9.69 Å². The van der Waals surface area contributed by atoms with E-state index < -0.39 is 0 Å². The Morgan fingerprint density at radius 1 is 1.22 bits per heavy atom. The maximum atomic E-state index is 13.1. The monoisotopic (exact) mass is 352 g/mol. The standard InChI is InChI=1S/C17H21ClN2O2S/c1-10(2)15-20-13(17(3,4)23-15)9-14(21)19(16(20)22)12-7-5-11(18)6-8-12/h5-8,10,13,15H,9H2,1-4H3/t13-,15-/m1/s1. The van der Waals surface area contributed by atoms with Crippen molar-refractivity contribution in [3.05, 3.63) is 29.3 Å². The number of carbonyl (C=O) groups is 2. The molecule has 3 amide bonds. The number of hydrogen-bond acceptors (Lipinski definition) is 3. The average Bonchev–Trinajstić information content (AvgIpc) is 2.73. The fraction of sp³-hybridized carbons (Fsp3) is 0.529. The van der Waals surface area contributed by atoms with Gasteiger partial charge in [-0.2, -0.15) is 0 Å². The second kappa shape index (κ2) is 5.71. The summed E-state index contributed by atoms with van der Waals surface area (Å²) in [5.41, 5.74) is 0.583. The van der Waals surface area contributed by atoms with Gasteiger partial charge in [-0.3, -0.25) is 4.79 Å². The summed E-state index contributed by atoms with van der Waals surface area (Å²) in [6.45, 7) is 8.48. The van der Waals surface area contributed by atoms with Crippen LogP contribution in [-0.4, -0.2) is 33.0 Å². The van der Waals surface area contributed by atoms with Crippen molar-refractivity contribution < 1.29 is 9.59 Å². The van der Waals surface area contributed by atoms with Gasteiger partial charge in [0.1, 0.15) is 0 Å². The molecule has 1 aromatic rings. The Morgan fingerprint density at radius 2 is 1.83 bits per heavy atom. The van der Waals surface area contributed by atoms with Crippen molar-refractivity contribution in [3.63, 3.8) is 0 Å². The number of thioether (sulfide) groups is 1. The zero-order chi connectivity index (χ0) is 16.9. The van der Waals surface area contributed by atoms with Crippen LogP contribution in [0.4, 0.5) is 10.5 Å². The zero-order valence-electron chi connectivity index (χ0n) is 13.7. The maximum absolute atomic E-state index is 13.1. The van der Waals surface area contributed by atoms with Gasteiger partial charge in [-0.05, 0) is 44.0 Å². The second-order valence-corrected chi connectivity index (χ2v) is 9.18. The molecule has 3 rings (SSSR count). The van der Waals surface area contributed by atoms with Gasteiger partial charge in [0, 0.05) is 16.2 Å². The summed E-state index contributed by atoms with van der Waals surface area (Å²) in [5, 5.41) is 0.673. The van der Waals surface area contributed by atoms with Gasteiger partial charge >= 0.3 is 6.03 Å². The van der Waals surface area contributed by atoms with E-state index in [1.807, 2.05) is 4.90 Å². The smallest absolute Gasteiger partial charge is 0.307 e. The second-order valence-electron chi connectivity index (χ2n) is 6.97. The summed E-state index contributed by atoms with van der Waals surface area (Å²) in [6, 6.07) is 6.57. The predicted octanol–water partition coefficient (Wildman–Crippen LogP) is 4.37. The number of carbonyl (C=O) groups excluding carboxylic acids is 2. The first-order valence-corrected chi connectivity index (χ1v) is 9.07. The molecule has 124 valence electrons. The molecule has 0 aromatic heterocycles. The highest BCUT2D eigenvalue weighted by molar-refractivity contribution is 8.01. The van der Waals surface area contributed by atoms with Crippen LogP contribution in [0.3, 0.4) is 0 Å². The molecule has 0 bridgehead atoms. The molecule has 2 fully saturated rings. The Morgan fingerprint density at radius 3 is 2.39 bits per heavy atom. The van der Waals surface area contributed by atoms with E-state index in [0.717, 1.165) is 0 Å². The Bertz CT molecular complexity index is 644. The molecular formula is C17H21ClN2O2S. The molecule has 4 nitrogen and oxygen atoms in total. The minimum atomic E-state index is -0.217. The van der Waals surface area contributed by atoms with Gasteiger partial charge in [0.25, 0.3) is 0 Å². The highest BCUT2D eigenvalue weighted by atomic mass is 35.5. The number of imide groups is 1. The van der Waals surface area contributed by atoms with Crippen molar-refractivity contribution in [2.75, 3.05) is 4.90 Å². The van der Waals surface area contributed by atoms with Crippen molar-refractivity contribution in [1.29, 1.82) is 0 Å². The lowest BCUT2D eigenvalue weighted by molar-refractivity contribution is -0.120. The van der Waals surface area contributed by atoms with Gasteiger partial charge in [0.2, 0.25) is 5.91 Å². The number of hydrogen-bond donors (Lipinski definition) is 0. The molecule has 1 aromatic carbocycles. The van der Waals surface area contributed by atoms with Gasteiger partial charge in [0.05, 0.1) is 17.1 Å². The number of amides is 3. The Kier molecular flexibility index (Phi) is 4.13. The van der Waals surface area contributed by atoms with Gasteiger partial charge in [-0.1, -0.05) is 25.4 Å². The fourth-order valence-electron chi connectivity index (χ4n) is 3.33. The fourth-order valence-corrected chi connectivity index (χ4v) is 5.05. The summed E-state index contributed by atoms with van der Waals surface area (Å²) in [4.78, 5) is 28.9. The number of rotatable bonds is 2. The third kappa shape index (κ3) is 2.74. The van der Waals surface area contributed by atoms with Crippen LogP contribution in [0.2, 0.25) is 5.02 Å². The predicted molar refractivity (Wildman–Crippen MR) is 94.9 cm³/mol. The normalized spacial score (nSPS) is 26.9. The van der Waals surface area contributed by atoms with Crippen LogP contribution in [-0.2, 0) is 4.79 Å². The zero-order valence-corrected chi connectivity index (χ0v) is 15.3. The topological polar surface area (TPSA) is 40.6 Å². The number of nitrogens with zero attached hydrogens (tertiary/aromatic N) is 2. The molecule has 0 unspecified atom stereocenters. The summed E-state index contributed by atoms with van der Waals surface area (Å²) in [6.07, 6.45) is 0.359. The third-order valence-electron chi connectivity index (χ3n) is 4.52. The quantitative estimate of drug-likeness (QED) is 0.793. The van der Waals surface area contributed by atoms with Crippen LogP contribution in [0.5, 0.6) is 0 Å². The Balaban J connectivity index is 1.99. The van der Waals surface area contributed by atoms with Crippen molar-refractivity contribution >= 4 is 41.0 Å². The lowest BCUT2D eigenvalue weighted by Gasteiger charge is -2.41. The first-order valence-electron chi connectivity index (χ1n) is 7.81. The van der Waals surface area contributed by atoms with Gasteiger partial charge in [-0.15, -0.1) is 11.8 Å². The van der Waals surface area contributed by atoms with E-state index in [1.165, 1.54) is 4.90 Å². The minimum Gasteiger partial charge on any atom is -0.307 e. The Labute approximate surface area is 146 Å². The van der Waals surface area contributed by atoms with Crippen LogP contribution < -0.4 is 4.90 Å². The van der Waals surface area contributed by atoms with E-state index >= 15 is 0 Å². The van der Waals surface area contributed by atoms with Crippen LogP contribution >= 0.6 is 23.4 Å². The molecule has 0 spiro atoms. The number of fused-ring (bicyclic) bond motifs is 1. The van der Waals surface area contributed by atoms with E-state index in [2.05, 4.69) is 27.7 Å². The molecule has 0 aliphatic carbocycles. The number of halogens is 1. The number of benzene rings is 1. The van der Waals surface area contributed by atoms with Crippen molar-refractivity contribution in [3.8, 4) is 0 Å².